The van der Waals surface area contributed by atoms with E-state index in [1.807, 2.05) is 0 Å². The zero-order valence-electron chi connectivity index (χ0n) is 12.8. The van der Waals surface area contributed by atoms with Crippen molar-refractivity contribution in [3.8, 4) is 11.5 Å². The highest BCUT2D eigenvalue weighted by molar-refractivity contribution is 5.63. The Labute approximate surface area is 133 Å². The largest absolute Gasteiger partial charge is 0.502 e. The molecule has 1 aromatic rings. The number of hydrogen-bond donors (Lipinski definition) is 6. The monoisotopic (exact) mass is 329 g/mol. The Kier molecular flexibility index (Phi) is 8.27. The van der Waals surface area contributed by atoms with Crippen LogP contribution in [0.5, 0.6) is 11.5 Å². The number of phenolic OH excluding ortho intramolecular Hbond substituents is 2. The van der Waals surface area contributed by atoms with Gasteiger partial charge in [0.05, 0.1) is 4.92 Å². The summed E-state index contributed by atoms with van der Waals surface area (Å²) in [6, 6.07) is 1.50. The van der Waals surface area contributed by atoms with Crippen molar-refractivity contribution in [1.82, 2.24) is 10.6 Å². The summed E-state index contributed by atoms with van der Waals surface area (Å²) >= 11 is 0. The molecule has 9 heteroatoms. The van der Waals surface area contributed by atoms with Crippen LogP contribution in [0.1, 0.15) is 24.0 Å². The zero-order valence-corrected chi connectivity index (χ0v) is 12.8. The van der Waals surface area contributed by atoms with Gasteiger partial charge >= 0.3 is 5.69 Å². The van der Waals surface area contributed by atoms with Crippen LogP contribution < -0.4 is 10.6 Å². The third-order valence-electron chi connectivity index (χ3n) is 3.24. The molecule has 23 heavy (non-hydrogen) atoms. The fraction of sp³-hybridized carbons (Fsp3) is 0.571. The topological polar surface area (TPSA) is 148 Å². The Morgan fingerprint density at radius 1 is 0.957 bits per heavy atom. The van der Waals surface area contributed by atoms with E-state index in [1.165, 1.54) is 6.07 Å². The lowest BCUT2D eigenvalue weighted by Gasteiger charge is -2.12. The second kappa shape index (κ2) is 9.95. The van der Waals surface area contributed by atoms with E-state index < -0.39 is 22.1 Å². The second-order valence-electron chi connectivity index (χ2n) is 5.01. The summed E-state index contributed by atoms with van der Waals surface area (Å²) in [5.41, 5.74) is -0.122. The van der Waals surface area contributed by atoms with Crippen LogP contribution in [0, 0.1) is 10.1 Å². The normalized spacial score (nSPS) is 10.9. The highest BCUT2D eigenvalue weighted by Gasteiger charge is 2.26. The molecule has 0 aliphatic heterocycles. The molecular formula is C14H23N3O6. The molecule has 0 aliphatic carbocycles. The van der Waals surface area contributed by atoms with Crippen molar-refractivity contribution in [1.29, 1.82) is 0 Å². The molecule has 0 saturated heterocycles. The van der Waals surface area contributed by atoms with E-state index in [0.717, 1.165) is 0 Å². The van der Waals surface area contributed by atoms with Crippen LogP contribution in [-0.2, 0) is 13.1 Å². The molecule has 1 aromatic carbocycles. The summed E-state index contributed by atoms with van der Waals surface area (Å²) in [5, 5.41) is 54.4. The molecule has 6 N–H and O–H groups in total. The number of nitrogens with zero attached hydrogens (tertiary/aromatic N) is 1. The van der Waals surface area contributed by atoms with E-state index in [0.29, 0.717) is 37.1 Å². The maximum atomic E-state index is 11.1. The smallest absolute Gasteiger partial charge is 0.352 e. The minimum atomic E-state index is -0.820. The van der Waals surface area contributed by atoms with Crippen LogP contribution in [0.4, 0.5) is 5.69 Å². The fourth-order valence-corrected chi connectivity index (χ4v) is 2.06. The van der Waals surface area contributed by atoms with E-state index in [1.54, 1.807) is 0 Å². The van der Waals surface area contributed by atoms with Gasteiger partial charge in [0.15, 0.2) is 0 Å². The van der Waals surface area contributed by atoms with Gasteiger partial charge in [-0.25, -0.2) is 0 Å². The predicted octanol–water partition coefficient (Wildman–Crippen LogP) is -0.0500. The van der Waals surface area contributed by atoms with E-state index in [-0.39, 0.29) is 26.3 Å². The minimum Gasteiger partial charge on any atom is -0.502 e. The maximum Gasteiger partial charge on any atom is 0.352 e. The molecule has 0 aliphatic rings. The summed E-state index contributed by atoms with van der Waals surface area (Å²) in [7, 11) is 0. The Morgan fingerprint density at radius 2 is 1.39 bits per heavy atom. The Morgan fingerprint density at radius 3 is 1.74 bits per heavy atom. The first kappa shape index (κ1) is 19.1. The zero-order chi connectivity index (χ0) is 17.2. The van der Waals surface area contributed by atoms with E-state index in [9.17, 15) is 20.3 Å². The van der Waals surface area contributed by atoms with E-state index in [4.69, 9.17) is 10.2 Å². The third-order valence-corrected chi connectivity index (χ3v) is 3.24. The number of rotatable bonds is 11. The van der Waals surface area contributed by atoms with E-state index in [2.05, 4.69) is 10.6 Å². The quantitative estimate of drug-likeness (QED) is 0.188. The lowest BCUT2D eigenvalue weighted by atomic mass is 10.1. The molecule has 9 nitrogen and oxygen atoms in total. The van der Waals surface area contributed by atoms with Crippen molar-refractivity contribution < 1.29 is 25.3 Å². The molecule has 0 fully saturated rings. The molecule has 0 amide bonds. The molecule has 0 bridgehead atoms. The van der Waals surface area contributed by atoms with E-state index >= 15 is 0 Å². The highest BCUT2D eigenvalue weighted by Crippen LogP contribution is 2.40. The summed E-state index contributed by atoms with van der Waals surface area (Å²) in [6.07, 6.45) is 1.05. The molecular weight excluding hydrogens is 306 g/mol. The number of benzene rings is 1. The summed E-state index contributed by atoms with van der Waals surface area (Å²) in [5.74, 6) is -1.13. The van der Waals surface area contributed by atoms with Crippen molar-refractivity contribution in [2.45, 2.75) is 25.9 Å². The fourth-order valence-electron chi connectivity index (χ4n) is 2.06. The number of aliphatic hydroxyl groups excluding tert-OH is 2. The van der Waals surface area contributed by atoms with Gasteiger partial charge < -0.3 is 31.1 Å². The Bertz CT molecular complexity index is 487. The Balaban J connectivity index is 2.95. The van der Waals surface area contributed by atoms with Gasteiger partial charge in [0.25, 0.3) is 0 Å². The van der Waals surface area contributed by atoms with Gasteiger partial charge in [0, 0.05) is 37.4 Å². The van der Waals surface area contributed by atoms with Crippen molar-refractivity contribution >= 4 is 5.69 Å². The first-order chi connectivity index (χ1) is 11.0. The molecule has 0 heterocycles. The van der Waals surface area contributed by atoms with Crippen LogP contribution in [0.25, 0.3) is 0 Å². The SMILES string of the molecule is O=[N+]([O-])c1c(O)c(CNCCCO)cc(CNCCCO)c1O. The van der Waals surface area contributed by atoms with Crippen LogP contribution in [0.15, 0.2) is 6.07 Å². The van der Waals surface area contributed by atoms with Crippen molar-refractivity contribution in [3.05, 3.63) is 27.3 Å². The minimum absolute atomic E-state index is 0.0226. The summed E-state index contributed by atoms with van der Waals surface area (Å²) in [6.45, 7) is 1.39. The number of phenols is 2. The van der Waals surface area contributed by atoms with Crippen LogP contribution in [-0.4, -0.2) is 51.7 Å². The molecule has 0 aromatic heterocycles. The van der Waals surface area contributed by atoms with Gasteiger partial charge in [0.2, 0.25) is 11.5 Å². The third kappa shape index (κ3) is 5.64. The molecule has 0 radical (unpaired) electrons. The van der Waals surface area contributed by atoms with Gasteiger partial charge in [-0.2, -0.15) is 0 Å². The molecule has 130 valence electrons. The van der Waals surface area contributed by atoms with Gasteiger partial charge in [-0.3, -0.25) is 10.1 Å². The van der Waals surface area contributed by atoms with Crippen molar-refractivity contribution in [3.63, 3.8) is 0 Å². The first-order valence-electron chi connectivity index (χ1n) is 7.37. The number of nitro groups is 1. The molecule has 0 unspecified atom stereocenters. The van der Waals surface area contributed by atoms with Crippen LogP contribution in [0.3, 0.4) is 0 Å². The van der Waals surface area contributed by atoms with Gasteiger partial charge in [0.1, 0.15) is 0 Å². The van der Waals surface area contributed by atoms with Gasteiger partial charge in [-0.1, -0.05) is 0 Å². The lowest BCUT2D eigenvalue weighted by Crippen LogP contribution is -2.18. The van der Waals surface area contributed by atoms with Crippen molar-refractivity contribution in [2.75, 3.05) is 26.3 Å². The average Bonchev–Trinajstić information content (AvgIpc) is 2.51. The average molecular weight is 329 g/mol. The van der Waals surface area contributed by atoms with Crippen LogP contribution >= 0.6 is 0 Å². The number of aliphatic hydroxyl groups is 2. The van der Waals surface area contributed by atoms with Gasteiger partial charge in [-0.15, -0.1) is 0 Å². The standard InChI is InChI=1S/C14H23N3O6/c18-5-1-3-15-8-10-7-11(9-16-4-2-6-19)14(21)12(13(10)20)17(22)23/h7,15-16,18-21H,1-6,8-9H2. The molecule has 0 saturated carbocycles. The maximum absolute atomic E-state index is 11.1. The Hall–Kier alpha value is -1.94. The number of nitro benzene ring substituents is 1. The number of hydrogen-bond acceptors (Lipinski definition) is 8. The summed E-state index contributed by atoms with van der Waals surface area (Å²) < 4.78 is 0. The number of aromatic hydroxyl groups is 2. The predicted molar refractivity (Wildman–Crippen MR) is 83.2 cm³/mol. The lowest BCUT2D eigenvalue weighted by molar-refractivity contribution is -0.387. The van der Waals surface area contributed by atoms with Gasteiger partial charge in [-0.05, 0) is 32.0 Å². The second-order valence-corrected chi connectivity index (χ2v) is 5.01. The molecule has 0 spiro atoms. The molecule has 1 rings (SSSR count). The summed E-state index contributed by atoms with van der Waals surface area (Å²) in [4.78, 5) is 10.3. The highest BCUT2D eigenvalue weighted by atomic mass is 16.6. The number of nitrogens with one attached hydrogen (secondary N) is 2. The first-order valence-corrected chi connectivity index (χ1v) is 7.37. The molecule has 0 atom stereocenters. The van der Waals surface area contributed by atoms with Crippen LogP contribution in [0.2, 0.25) is 0 Å². The van der Waals surface area contributed by atoms with Crippen molar-refractivity contribution in [2.24, 2.45) is 0 Å².